The van der Waals surface area contributed by atoms with Crippen LogP contribution >= 0.6 is 0 Å². The fraction of sp³-hybridized carbons (Fsp3) is 0.379. The summed E-state index contributed by atoms with van der Waals surface area (Å²) in [7, 11) is 4.85. The first-order valence-corrected chi connectivity index (χ1v) is 12.4. The normalized spacial score (nSPS) is 16.8. The third kappa shape index (κ3) is 4.33. The largest absolute Gasteiger partial charge is 0.493 e. The fourth-order valence-electron chi connectivity index (χ4n) is 5.36. The second kappa shape index (κ2) is 9.98. The summed E-state index contributed by atoms with van der Waals surface area (Å²) in [6.45, 7) is 1.66. The Balaban J connectivity index is 1.66. The maximum Gasteiger partial charge on any atom is 0.254 e. The molecule has 0 spiro atoms. The van der Waals surface area contributed by atoms with Crippen molar-refractivity contribution < 1.29 is 19.0 Å². The number of likely N-dealkylation sites (tertiary alicyclic amines) is 1. The number of hydrogen-bond donors (Lipinski definition) is 0. The zero-order chi connectivity index (χ0) is 24.4. The molecule has 1 aliphatic heterocycles. The number of aromatic nitrogens is 1. The van der Waals surface area contributed by atoms with E-state index in [2.05, 4.69) is 6.08 Å². The summed E-state index contributed by atoms with van der Waals surface area (Å²) in [5, 5.41) is 0.954. The maximum absolute atomic E-state index is 13.8. The van der Waals surface area contributed by atoms with Gasteiger partial charge in [0.25, 0.3) is 5.91 Å². The minimum absolute atomic E-state index is 0.147. The van der Waals surface area contributed by atoms with Crippen molar-refractivity contribution in [3.8, 4) is 17.2 Å². The molecule has 1 aromatic heterocycles. The Bertz CT molecular complexity index is 1270. The van der Waals surface area contributed by atoms with Gasteiger partial charge >= 0.3 is 0 Å². The van der Waals surface area contributed by atoms with Gasteiger partial charge in [-0.25, -0.2) is 4.98 Å². The number of piperidine rings is 1. The summed E-state index contributed by atoms with van der Waals surface area (Å²) in [6.07, 6.45) is 8.21. The zero-order valence-electron chi connectivity index (χ0n) is 20.7. The van der Waals surface area contributed by atoms with E-state index in [0.29, 0.717) is 17.2 Å². The van der Waals surface area contributed by atoms with Crippen LogP contribution in [0.5, 0.6) is 17.2 Å². The van der Waals surface area contributed by atoms with Gasteiger partial charge in [-0.15, -0.1) is 0 Å². The fourth-order valence-corrected chi connectivity index (χ4v) is 5.36. The van der Waals surface area contributed by atoms with Crippen molar-refractivity contribution in [2.75, 3.05) is 34.4 Å². The molecule has 0 unspecified atom stereocenters. The number of rotatable bonds is 5. The molecule has 0 radical (unpaired) electrons. The molecule has 2 aliphatic rings. The van der Waals surface area contributed by atoms with Crippen LogP contribution in [0.25, 0.3) is 22.6 Å². The van der Waals surface area contributed by atoms with Crippen LogP contribution in [0, 0.1) is 0 Å². The van der Waals surface area contributed by atoms with Crippen molar-refractivity contribution in [3.63, 3.8) is 0 Å². The van der Waals surface area contributed by atoms with Gasteiger partial charge in [0.1, 0.15) is 0 Å². The molecule has 1 fully saturated rings. The van der Waals surface area contributed by atoms with Crippen molar-refractivity contribution >= 4 is 28.5 Å². The summed E-state index contributed by atoms with van der Waals surface area (Å²) < 4.78 is 16.6. The molecule has 2 heterocycles. The van der Waals surface area contributed by atoms with E-state index in [1.807, 2.05) is 41.3 Å². The Hall–Kier alpha value is -3.54. The second-order valence-corrected chi connectivity index (χ2v) is 9.17. The first kappa shape index (κ1) is 23.2. The van der Waals surface area contributed by atoms with E-state index in [4.69, 9.17) is 19.2 Å². The average Bonchev–Trinajstić information content (AvgIpc) is 2.91. The number of fused-ring (bicyclic) bond motifs is 2. The Morgan fingerprint density at radius 2 is 1.63 bits per heavy atom. The number of amides is 1. The molecule has 6 nitrogen and oxygen atoms in total. The molecule has 2 aromatic carbocycles. The molecule has 1 amide bonds. The molecule has 3 aromatic rings. The van der Waals surface area contributed by atoms with Gasteiger partial charge in [0.05, 0.1) is 38.1 Å². The van der Waals surface area contributed by atoms with E-state index in [1.54, 1.807) is 21.3 Å². The van der Waals surface area contributed by atoms with E-state index < -0.39 is 0 Å². The number of nitrogens with zero attached hydrogens (tertiary/aromatic N) is 2. The summed E-state index contributed by atoms with van der Waals surface area (Å²) in [4.78, 5) is 20.9. The SMILES string of the molecule is COc1cc(/C=C2/CCCc3c2nc2ccccc2c3C(=O)N2CCCCC2)cc(OC)c1OC. The van der Waals surface area contributed by atoms with E-state index in [1.165, 1.54) is 6.42 Å². The van der Waals surface area contributed by atoms with Crippen molar-refractivity contribution in [2.24, 2.45) is 0 Å². The highest BCUT2D eigenvalue weighted by atomic mass is 16.5. The van der Waals surface area contributed by atoms with Crippen LogP contribution in [-0.2, 0) is 6.42 Å². The first-order chi connectivity index (χ1) is 17.1. The predicted molar refractivity (Wildman–Crippen MR) is 138 cm³/mol. The highest BCUT2D eigenvalue weighted by molar-refractivity contribution is 6.09. The monoisotopic (exact) mass is 472 g/mol. The van der Waals surface area contributed by atoms with E-state index in [9.17, 15) is 4.79 Å². The van der Waals surface area contributed by atoms with Crippen LogP contribution in [0.3, 0.4) is 0 Å². The third-order valence-electron chi connectivity index (χ3n) is 7.06. The zero-order valence-corrected chi connectivity index (χ0v) is 20.7. The lowest BCUT2D eigenvalue weighted by Crippen LogP contribution is -2.36. The molecule has 5 rings (SSSR count). The predicted octanol–water partition coefficient (Wildman–Crippen LogP) is 5.76. The molecule has 182 valence electrons. The second-order valence-electron chi connectivity index (χ2n) is 9.17. The van der Waals surface area contributed by atoms with E-state index in [-0.39, 0.29) is 5.91 Å². The molecular formula is C29H32N2O4. The molecule has 6 heteroatoms. The van der Waals surface area contributed by atoms with Crippen LogP contribution in [0.1, 0.15) is 59.3 Å². The standard InChI is InChI=1S/C29H32N2O4/c1-33-24-17-19(18-25(34-2)28(24)35-3)16-20-10-9-12-22-26(29(32)31-14-7-4-8-15-31)21-11-5-6-13-23(21)30-27(20)22/h5-6,11,13,16-18H,4,7-10,12,14-15H2,1-3H3/b20-16-. The molecule has 0 N–H and O–H groups in total. The number of carbonyl (C=O) groups excluding carboxylic acids is 1. The first-order valence-electron chi connectivity index (χ1n) is 12.4. The van der Waals surface area contributed by atoms with Crippen molar-refractivity contribution in [1.29, 1.82) is 0 Å². The van der Waals surface area contributed by atoms with Gasteiger partial charge < -0.3 is 19.1 Å². The number of hydrogen-bond acceptors (Lipinski definition) is 5. The number of para-hydroxylation sites is 1. The van der Waals surface area contributed by atoms with Gasteiger partial charge in [-0.05, 0) is 79.5 Å². The number of ether oxygens (including phenoxy) is 3. The van der Waals surface area contributed by atoms with Crippen LogP contribution in [0.4, 0.5) is 0 Å². The minimum atomic E-state index is 0.147. The van der Waals surface area contributed by atoms with Gasteiger partial charge in [0.15, 0.2) is 11.5 Å². The van der Waals surface area contributed by atoms with Crippen molar-refractivity contribution in [1.82, 2.24) is 9.88 Å². The van der Waals surface area contributed by atoms with Crippen molar-refractivity contribution in [2.45, 2.75) is 38.5 Å². The number of pyridine rings is 1. The van der Waals surface area contributed by atoms with Crippen molar-refractivity contribution in [3.05, 3.63) is 58.8 Å². The van der Waals surface area contributed by atoms with Gasteiger partial charge in [-0.1, -0.05) is 18.2 Å². The lowest BCUT2D eigenvalue weighted by molar-refractivity contribution is 0.0725. The van der Waals surface area contributed by atoms with Gasteiger partial charge in [0, 0.05) is 18.5 Å². The molecule has 1 aliphatic carbocycles. The molecule has 0 bridgehead atoms. The molecular weight excluding hydrogens is 440 g/mol. The number of carbonyl (C=O) groups is 1. The van der Waals surface area contributed by atoms with Crippen LogP contribution < -0.4 is 14.2 Å². The smallest absolute Gasteiger partial charge is 0.254 e. The van der Waals surface area contributed by atoms with E-state index in [0.717, 1.165) is 84.1 Å². The topological polar surface area (TPSA) is 60.9 Å². The van der Waals surface area contributed by atoms with Gasteiger partial charge in [-0.2, -0.15) is 0 Å². The number of allylic oxidation sites excluding steroid dienone is 1. The summed E-state index contributed by atoms with van der Waals surface area (Å²) >= 11 is 0. The maximum atomic E-state index is 13.8. The lowest BCUT2D eigenvalue weighted by atomic mass is 9.85. The Morgan fingerprint density at radius 3 is 2.31 bits per heavy atom. The Kier molecular flexibility index (Phi) is 6.62. The Labute approximate surface area is 206 Å². The Morgan fingerprint density at radius 1 is 0.914 bits per heavy atom. The molecule has 0 atom stereocenters. The molecule has 0 saturated carbocycles. The van der Waals surface area contributed by atoms with E-state index >= 15 is 0 Å². The highest BCUT2D eigenvalue weighted by Crippen LogP contribution is 2.41. The summed E-state index contributed by atoms with van der Waals surface area (Å²) in [6, 6.07) is 11.9. The molecule has 35 heavy (non-hydrogen) atoms. The quantitative estimate of drug-likeness (QED) is 0.472. The van der Waals surface area contributed by atoms with Crippen LogP contribution in [-0.4, -0.2) is 50.2 Å². The average molecular weight is 473 g/mol. The van der Waals surface area contributed by atoms with Gasteiger partial charge in [0.2, 0.25) is 5.75 Å². The van der Waals surface area contributed by atoms with Crippen LogP contribution in [0.15, 0.2) is 36.4 Å². The summed E-state index contributed by atoms with van der Waals surface area (Å²) in [5.74, 6) is 1.94. The van der Waals surface area contributed by atoms with Crippen LogP contribution in [0.2, 0.25) is 0 Å². The lowest BCUT2D eigenvalue weighted by Gasteiger charge is -2.30. The summed E-state index contributed by atoms with van der Waals surface area (Å²) in [5.41, 5.74) is 5.78. The number of methoxy groups -OCH3 is 3. The third-order valence-corrected chi connectivity index (χ3v) is 7.06. The molecule has 1 saturated heterocycles. The number of benzene rings is 2. The highest BCUT2D eigenvalue weighted by Gasteiger charge is 2.28. The van der Waals surface area contributed by atoms with Gasteiger partial charge in [-0.3, -0.25) is 4.79 Å². The minimum Gasteiger partial charge on any atom is -0.493 e.